The van der Waals surface area contributed by atoms with E-state index in [9.17, 15) is 0 Å². The normalized spacial score (nSPS) is 10.6. The molecule has 2 heterocycles. The van der Waals surface area contributed by atoms with Gasteiger partial charge in [-0.2, -0.15) is 0 Å². The van der Waals surface area contributed by atoms with Gasteiger partial charge in [-0.15, -0.1) is 3.79 Å². The number of hydrogen-bond acceptors (Lipinski definition) is 3. The molecule has 0 bridgehead atoms. The van der Waals surface area contributed by atoms with Gasteiger partial charge in [-0.1, -0.05) is 30.3 Å². The SMILES string of the molecule is CNc1nc2ccc(-c3ccccc3)c[n+]2s1. The van der Waals surface area contributed by atoms with Gasteiger partial charge in [-0.25, -0.2) is 0 Å². The van der Waals surface area contributed by atoms with Crippen LogP contribution in [0.3, 0.4) is 0 Å². The molecule has 3 rings (SSSR count). The fraction of sp³-hybridized carbons (Fsp3) is 0.0769. The maximum atomic E-state index is 4.44. The molecule has 0 spiro atoms. The zero-order chi connectivity index (χ0) is 11.7. The molecule has 0 saturated carbocycles. The van der Waals surface area contributed by atoms with E-state index in [1.54, 1.807) is 11.5 Å². The smallest absolute Gasteiger partial charge is 0.341 e. The molecule has 1 N–H and O–H groups in total. The number of nitrogens with one attached hydrogen (secondary N) is 1. The van der Waals surface area contributed by atoms with Crippen LogP contribution < -0.4 is 9.11 Å². The maximum absolute atomic E-state index is 4.44. The first-order chi connectivity index (χ1) is 8.36. The molecule has 3 nitrogen and oxygen atoms in total. The van der Waals surface area contributed by atoms with E-state index in [1.807, 2.05) is 19.2 Å². The van der Waals surface area contributed by atoms with Crippen molar-refractivity contribution in [3.05, 3.63) is 48.7 Å². The van der Waals surface area contributed by atoms with E-state index < -0.39 is 0 Å². The first kappa shape index (κ1) is 10.2. The Bertz CT molecular complexity index is 646. The zero-order valence-corrected chi connectivity index (χ0v) is 10.2. The summed E-state index contributed by atoms with van der Waals surface area (Å²) in [4.78, 5) is 4.44. The predicted octanol–water partition coefficient (Wildman–Crippen LogP) is 2.59. The first-order valence-electron chi connectivity index (χ1n) is 5.43. The van der Waals surface area contributed by atoms with Gasteiger partial charge in [-0.3, -0.25) is 0 Å². The van der Waals surface area contributed by atoms with Crippen LogP contribution in [0.4, 0.5) is 5.13 Å². The summed E-state index contributed by atoms with van der Waals surface area (Å²) in [6.07, 6.45) is 2.11. The molecule has 0 fully saturated rings. The Morgan fingerprint density at radius 1 is 1.06 bits per heavy atom. The van der Waals surface area contributed by atoms with E-state index >= 15 is 0 Å². The first-order valence-corrected chi connectivity index (χ1v) is 6.20. The summed E-state index contributed by atoms with van der Waals surface area (Å²) >= 11 is 1.60. The molecular formula is C13H12N3S+. The molecule has 4 heteroatoms. The molecule has 0 aliphatic heterocycles. The summed E-state index contributed by atoms with van der Waals surface area (Å²) in [5.74, 6) is 0. The van der Waals surface area contributed by atoms with Crippen molar-refractivity contribution in [1.29, 1.82) is 0 Å². The average Bonchev–Trinajstić information content (AvgIpc) is 2.81. The van der Waals surface area contributed by atoms with Crippen LogP contribution in [0.2, 0.25) is 0 Å². The van der Waals surface area contributed by atoms with E-state index in [2.05, 4.69) is 50.6 Å². The Labute approximate surface area is 104 Å². The summed E-state index contributed by atoms with van der Waals surface area (Å²) in [7, 11) is 1.89. The molecule has 1 aromatic carbocycles. The molecule has 0 unspecified atom stereocenters. The van der Waals surface area contributed by atoms with Gasteiger partial charge in [0.25, 0.3) is 0 Å². The Morgan fingerprint density at radius 3 is 2.65 bits per heavy atom. The fourth-order valence-electron chi connectivity index (χ4n) is 1.75. The summed E-state index contributed by atoms with van der Waals surface area (Å²) in [6, 6.07) is 14.5. The van der Waals surface area contributed by atoms with Crippen LogP contribution in [0.15, 0.2) is 48.7 Å². The lowest BCUT2D eigenvalue weighted by atomic mass is 10.1. The van der Waals surface area contributed by atoms with Crippen molar-refractivity contribution in [2.45, 2.75) is 0 Å². The van der Waals surface area contributed by atoms with Gasteiger partial charge < -0.3 is 5.32 Å². The van der Waals surface area contributed by atoms with Crippen LogP contribution >= 0.6 is 11.5 Å². The molecule has 3 aromatic rings. The number of nitrogens with zero attached hydrogens (tertiary/aromatic N) is 2. The molecule has 0 atom stereocenters. The molecule has 17 heavy (non-hydrogen) atoms. The van der Waals surface area contributed by atoms with Gasteiger partial charge in [0.05, 0.1) is 0 Å². The third-order valence-corrected chi connectivity index (χ3v) is 3.57. The fourth-order valence-corrected chi connectivity index (χ4v) is 2.53. The van der Waals surface area contributed by atoms with Gasteiger partial charge in [0, 0.05) is 18.7 Å². The maximum Gasteiger partial charge on any atom is 0.342 e. The van der Waals surface area contributed by atoms with Gasteiger partial charge in [-0.05, 0) is 16.6 Å². The van der Waals surface area contributed by atoms with E-state index in [-0.39, 0.29) is 0 Å². The predicted molar refractivity (Wildman–Crippen MR) is 70.3 cm³/mol. The van der Waals surface area contributed by atoms with Crippen molar-refractivity contribution in [3.8, 4) is 11.1 Å². The van der Waals surface area contributed by atoms with E-state index in [0.29, 0.717) is 0 Å². The number of anilines is 1. The van der Waals surface area contributed by atoms with Crippen molar-refractivity contribution >= 4 is 22.3 Å². The Morgan fingerprint density at radius 2 is 1.88 bits per heavy atom. The lowest BCUT2D eigenvalue weighted by Gasteiger charge is -1.97. The minimum atomic E-state index is 0.926. The van der Waals surface area contributed by atoms with Crippen molar-refractivity contribution in [2.24, 2.45) is 0 Å². The highest BCUT2D eigenvalue weighted by molar-refractivity contribution is 7.06. The average molecular weight is 242 g/mol. The molecule has 2 aromatic heterocycles. The lowest BCUT2D eigenvalue weighted by Crippen LogP contribution is -2.14. The molecule has 0 saturated heterocycles. The van der Waals surface area contributed by atoms with Gasteiger partial charge in [0.2, 0.25) is 0 Å². The van der Waals surface area contributed by atoms with Crippen LogP contribution in [0.25, 0.3) is 16.8 Å². The van der Waals surface area contributed by atoms with Crippen molar-refractivity contribution < 1.29 is 3.79 Å². The number of aromatic nitrogens is 2. The Kier molecular flexibility index (Phi) is 2.49. The van der Waals surface area contributed by atoms with Crippen molar-refractivity contribution in [1.82, 2.24) is 4.98 Å². The van der Waals surface area contributed by atoms with E-state index in [1.165, 1.54) is 11.1 Å². The third kappa shape index (κ3) is 1.87. The molecule has 84 valence electrons. The third-order valence-electron chi connectivity index (χ3n) is 2.62. The number of benzene rings is 1. The molecule has 0 aliphatic carbocycles. The monoisotopic (exact) mass is 242 g/mol. The highest BCUT2D eigenvalue weighted by Crippen LogP contribution is 2.18. The van der Waals surface area contributed by atoms with Crippen LogP contribution in [-0.4, -0.2) is 12.0 Å². The summed E-state index contributed by atoms with van der Waals surface area (Å²) in [5, 5.41) is 3.99. The minimum Gasteiger partial charge on any atom is -0.341 e. The number of pyridine rings is 1. The molecule has 0 aliphatic rings. The van der Waals surface area contributed by atoms with Crippen LogP contribution in [-0.2, 0) is 0 Å². The number of rotatable bonds is 2. The second kappa shape index (κ2) is 4.14. The quantitative estimate of drug-likeness (QED) is 0.700. The highest BCUT2D eigenvalue weighted by Gasteiger charge is 2.13. The van der Waals surface area contributed by atoms with E-state index in [0.717, 1.165) is 10.8 Å². The molecule has 0 radical (unpaired) electrons. The molecule has 0 amide bonds. The zero-order valence-electron chi connectivity index (χ0n) is 9.42. The van der Waals surface area contributed by atoms with Crippen molar-refractivity contribution in [3.63, 3.8) is 0 Å². The van der Waals surface area contributed by atoms with E-state index in [4.69, 9.17) is 0 Å². The van der Waals surface area contributed by atoms with Gasteiger partial charge in [0.1, 0.15) is 17.7 Å². The summed E-state index contributed by atoms with van der Waals surface area (Å²) in [5.41, 5.74) is 3.40. The lowest BCUT2D eigenvalue weighted by molar-refractivity contribution is -0.433. The molecular weight excluding hydrogens is 230 g/mol. The standard InChI is InChI=1S/C13H11N3S/c1-14-13-15-12-8-7-11(9-16(12)17-13)10-5-3-2-4-6-10/h2-9H,1H3/p+1. The number of hydrogen-bond donors (Lipinski definition) is 1. The van der Waals surface area contributed by atoms with Crippen LogP contribution in [0.5, 0.6) is 0 Å². The Hall–Kier alpha value is -1.94. The Balaban J connectivity index is 2.13. The second-order valence-electron chi connectivity index (χ2n) is 3.73. The highest BCUT2D eigenvalue weighted by atomic mass is 32.1. The van der Waals surface area contributed by atoms with Crippen LogP contribution in [0, 0.1) is 0 Å². The summed E-state index contributed by atoms with van der Waals surface area (Å²) < 4.78 is 2.08. The van der Waals surface area contributed by atoms with Crippen molar-refractivity contribution in [2.75, 3.05) is 12.4 Å². The van der Waals surface area contributed by atoms with Crippen LogP contribution in [0.1, 0.15) is 0 Å². The number of fused-ring (bicyclic) bond motifs is 1. The second-order valence-corrected chi connectivity index (χ2v) is 4.69. The van der Waals surface area contributed by atoms with Gasteiger partial charge in [0.15, 0.2) is 0 Å². The topological polar surface area (TPSA) is 29.0 Å². The largest absolute Gasteiger partial charge is 0.342 e. The van der Waals surface area contributed by atoms with Gasteiger partial charge >= 0.3 is 10.8 Å². The minimum absolute atomic E-state index is 0.926. The summed E-state index contributed by atoms with van der Waals surface area (Å²) in [6.45, 7) is 0.